The number of H-pyrrole nitrogens is 1. The first-order valence-electron chi connectivity index (χ1n) is 7.83. The molecule has 0 aliphatic carbocycles. The Morgan fingerprint density at radius 2 is 1.83 bits per heavy atom. The Bertz CT molecular complexity index is 887. The molecule has 2 aromatic carbocycles. The van der Waals surface area contributed by atoms with Crippen molar-refractivity contribution in [2.45, 2.75) is 13.0 Å². The highest BCUT2D eigenvalue weighted by molar-refractivity contribution is 5.97. The number of aromatic nitrogens is 2. The molecule has 0 radical (unpaired) electrons. The fourth-order valence-electron chi connectivity index (χ4n) is 3.12. The molecular formula is C19H17N3O2. The molecule has 0 fully saturated rings. The number of nitrogens with one attached hydrogen (secondary N) is 1. The first-order valence-corrected chi connectivity index (χ1v) is 7.83. The van der Waals surface area contributed by atoms with Gasteiger partial charge in [-0.15, -0.1) is 0 Å². The minimum Gasteiger partial charge on any atom is -0.496 e. The maximum Gasteiger partial charge on any atom is 0.231 e. The Kier molecular flexibility index (Phi) is 3.54. The summed E-state index contributed by atoms with van der Waals surface area (Å²) >= 11 is 0. The summed E-state index contributed by atoms with van der Waals surface area (Å²) in [6.45, 7) is 0.500. The van der Waals surface area contributed by atoms with Crippen LogP contribution in [0.4, 0.5) is 5.69 Å². The Hall–Kier alpha value is -3.08. The van der Waals surface area contributed by atoms with Crippen molar-refractivity contribution >= 4 is 11.6 Å². The SMILES string of the molecule is COc1ccccc1-c1n[nH]c2c1CC(=O)N(c1ccccc1)C2. The molecule has 5 nitrogen and oxygen atoms in total. The zero-order valence-corrected chi connectivity index (χ0v) is 13.3. The van der Waals surface area contributed by atoms with Gasteiger partial charge in [-0.25, -0.2) is 0 Å². The number of carbonyl (C=O) groups excluding carboxylic acids is 1. The molecule has 2 heterocycles. The van der Waals surface area contributed by atoms with Crippen LogP contribution in [0.25, 0.3) is 11.3 Å². The van der Waals surface area contributed by atoms with Gasteiger partial charge in [-0.3, -0.25) is 9.89 Å². The van der Waals surface area contributed by atoms with Gasteiger partial charge in [0.1, 0.15) is 5.75 Å². The van der Waals surface area contributed by atoms with Crippen molar-refractivity contribution < 1.29 is 9.53 Å². The van der Waals surface area contributed by atoms with Crippen molar-refractivity contribution in [1.29, 1.82) is 0 Å². The predicted molar refractivity (Wildman–Crippen MR) is 91.9 cm³/mol. The van der Waals surface area contributed by atoms with Crippen LogP contribution >= 0.6 is 0 Å². The average molecular weight is 319 g/mol. The fraction of sp³-hybridized carbons (Fsp3) is 0.158. The average Bonchev–Trinajstić information content (AvgIpc) is 3.04. The number of para-hydroxylation sites is 2. The smallest absolute Gasteiger partial charge is 0.231 e. The molecule has 1 aliphatic rings. The summed E-state index contributed by atoms with van der Waals surface area (Å²) in [5.74, 6) is 0.830. The number of benzene rings is 2. The number of ether oxygens (including phenoxy) is 1. The van der Waals surface area contributed by atoms with Gasteiger partial charge >= 0.3 is 0 Å². The summed E-state index contributed by atoms with van der Waals surface area (Å²) in [6.07, 6.45) is 0.327. The first kappa shape index (κ1) is 14.5. The molecule has 1 N–H and O–H groups in total. The number of methoxy groups -OCH3 is 1. The molecule has 0 spiro atoms. The summed E-state index contributed by atoms with van der Waals surface area (Å²) < 4.78 is 5.43. The highest BCUT2D eigenvalue weighted by Gasteiger charge is 2.29. The lowest BCUT2D eigenvalue weighted by Crippen LogP contribution is -2.36. The lowest BCUT2D eigenvalue weighted by Gasteiger charge is -2.27. The maximum absolute atomic E-state index is 12.6. The fourth-order valence-corrected chi connectivity index (χ4v) is 3.12. The van der Waals surface area contributed by atoms with E-state index in [0.717, 1.165) is 34.0 Å². The third kappa shape index (κ3) is 2.34. The number of anilines is 1. The van der Waals surface area contributed by atoms with E-state index >= 15 is 0 Å². The lowest BCUT2D eigenvalue weighted by molar-refractivity contribution is -0.118. The van der Waals surface area contributed by atoms with E-state index in [1.807, 2.05) is 54.6 Å². The van der Waals surface area contributed by atoms with E-state index in [0.29, 0.717) is 13.0 Å². The summed E-state index contributed by atoms with van der Waals surface area (Å²) in [4.78, 5) is 14.4. The Labute approximate surface area is 139 Å². The summed E-state index contributed by atoms with van der Waals surface area (Å²) in [7, 11) is 1.64. The van der Waals surface area contributed by atoms with Crippen molar-refractivity contribution in [3.8, 4) is 17.0 Å². The summed E-state index contributed by atoms with van der Waals surface area (Å²) in [5, 5.41) is 7.55. The van der Waals surface area contributed by atoms with Crippen LogP contribution in [0.2, 0.25) is 0 Å². The van der Waals surface area contributed by atoms with Crippen LogP contribution in [-0.4, -0.2) is 23.2 Å². The van der Waals surface area contributed by atoms with Crippen LogP contribution in [0.3, 0.4) is 0 Å². The molecular weight excluding hydrogens is 302 g/mol. The van der Waals surface area contributed by atoms with Gasteiger partial charge < -0.3 is 9.64 Å². The molecule has 0 saturated carbocycles. The third-order valence-corrected chi connectivity index (χ3v) is 4.33. The van der Waals surface area contributed by atoms with E-state index in [4.69, 9.17) is 4.74 Å². The quantitative estimate of drug-likeness (QED) is 0.806. The van der Waals surface area contributed by atoms with Gasteiger partial charge in [-0.1, -0.05) is 30.3 Å². The van der Waals surface area contributed by atoms with Crippen LogP contribution in [-0.2, 0) is 17.8 Å². The second-order valence-corrected chi connectivity index (χ2v) is 5.72. The molecule has 120 valence electrons. The zero-order valence-electron chi connectivity index (χ0n) is 13.3. The molecule has 0 saturated heterocycles. The molecule has 4 rings (SSSR count). The minimum absolute atomic E-state index is 0.0752. The second-order valence-electron chi connectivity index (χ2n) is 5.72. The Morgan fingerprint density at radius 3 is 2.62 bits per heavy atom. The van der Waals surface area contributed by atoms with Crippen molar-refractivity contribution in [2.75, 3.05) is 12.0 Å². The molecule has 1 amide bonds. The number of carbonyl (C=O) groups is 1. The van der Waals surface area contributed by atoms with Crippen molar-refractivity contribution in [3.05, 3.63) is 65.9 Å². The largest absolute Gasteiger partial charge is 0.496 e. The lowest BCUT2D eigenvalue weighted by atomic mass is 9.98. The van der Waals surface area contributed by atoms with Gasteiger partial charge in [0.05, 0.1) is 31.5 Å². The van der Waals surface area contributed by atoms with E-state index < -0.39 is 0 Å². The van der Waals surface area contributed by atoms with Gasteiger partial charge in [-0.05, 0) is 24.3 Å². The van der Waals surface area contributed by atoms with Crippen LogP contribution < -0.4 is 9.64 Å². The van der Waals surface area contributed by atoms with Crippen molar-refractivity contribution in [3.63, 3.8) is 0 Å². The predicted octanol–water partition coefficient (Wildman–Crippen LogP) is 3.17. The minimum atomic E-state index is 0.0752. The van der Waals surface area contributed by atoms with Gasteiger partial charge in [-0.2, -0.15) is 5.10 Å². The summed E-state index contributed by atoms with van der Waals surface area (Å²) in [5.41, 5.74) is 4.53. The van der Waals surface area contributed by atoms with E-state index in [2.05, 4.69) is 10.2 Å². The van der Waals surface area contributed by atoms with Crippen LogP contribution in [0, 0.1) is 0 Å². The Balaban J connectivity index is 1.73. The molecule has 0 unspecified atom stereocenters. The molecule has 3 aromatic rings. The summed E-state index contributed by atoms with van der Waals surface area (Å²) in [6, 6.07) is 17.4. The monoisotopic (exact) mass is 319 g/mol. The van der Waals surface area contributed by atoms with Crippen LogP contribution in [0.15, 0.2) is 54.6 Å². The third-order valence-electron chi connectivity index (χ3n) is 4.33. The van der Waals surface area contributed by atoms with Gasteiger partial charge in [0.2, 0.25) is 5.91 Å². The van der Waals surface area contributed by atoms with Crippen molar-refractivity contribution in [1.82, 2.24) is 10.2 Å². The maximum atomic E-state index is 12.6. The van der Waals surface area contributed by atoms with E-state index in [-0.39, 0.29) is 5.91 Å². The number of rotatable bonds is 3. The highest BCUT2D eigenvalue weighted by atomic mass is 16.5. The molecule has 1 aromatic heterocycles. The van der Waals surface area contributed by atoms with Gasteiger partial charge in [0.15, 0.2) is 0 Å². The molecule has 0 bridgehead atoms. The van der Waals surface area contributed by atoms with Gasteiger partial charge in [0, 0.05) is 16.8 Å². The molecule has 24 heavy (non-hydrogen) atoms. The number of nitrogens with zero attached hydrogens (tertiary/aromatic N) is 2. The van der Waals surface area contributed by atoms with Crippen molar-refractivity contribution in [2.24, 2.45) is 0 Å². The van der Waals surface area contributed by atoms with E-state index in [1.54, 1.807) is 12.0 Å². The molecule has 5 heteroatoms. The van der Waals surface area contributed by atoms with E-state index in [9.17, 15) is 4.79 Å². The normalized spacial score (nSPS) is 13.7. The van der Waals surface area contributed by atoms with Gasteiger partial charge in [0.25, 0.3) is 0 Å². The van der Waals surface area contributed by atoms with Crippen LogP contribution in [0.1, 0.15) is 11.3 Å². The van der Waals surface area contributed by atoms with Crippen LogP contribution in [0.5, 0.6) is 5.75 Å². The van der Waals surface area contributed by atoms with E-state index in [1.165, 1.54) is 0 Å². The number of hydrogen-bond acceptors (Lipinski definition) is 3. The number of aromatic amines is 1. The topological polar surface area (TPSA) is 58.2 Å². The first-order chi connectivity index (χ1) is 11.8. The second kappa shape index (κ2) is 5.85. The Morgan fingerprint density at radius 1 is 1.08 bits per heavy atom. The molecule has 0 atom stereocenters. The number of fused-ring (bicyclic) bond motifs is 1. The standard InChI is InChI=1S/C19H17N3O2/c1-24-17-10-6-5-9-14(17)19-15-11-18(23)22(12-16(15)20-21-19)13-7-3-2-4-8-13/h2-10H,11-12H2,1H3,(H,20,21). The zero-order chi connectivity index (χ0) is 16.5. The number of amides is 1. The number of hydrogen-bond donors (Lipinski definition) is 1. The highest BCUT2D eigenvalue weighted by Crippen LogP contribution is 2.35. The molecule has 1 aliphatic heterocycles.